The molecule has 1 aliphatic carbocycles. The van der Waals surface area contributed by atoms with E-state index in [9.17, 15) is 0 Å². The van der Waals surface area contributed by atoms with E-state index in [1.54, 1.807) is 5.57 Å². The molecule has 0 aromatic heterocycles. The number of rotatable bonds is 8. The van der Waals surface area contributed by atoms with Crippen LogP contribution in [-0.2, 0) is 6.54 Å². The highest BCUT2D eigenvalue weighted by Crippen LogP contribution is 2.22. The second-order valence-corrected chi connectivity index (χ2v) is 6.00. The first kappa shape index (κ1) is 15.3. The van der Waals surface area contributed by atoms with Gasteiger partial charge in [0.25, 0.3) is 0 Å². The number of hydrogen-bond donors (Lipinski definition) is 1. The standard InChI is InChI=1S/C19H29N/c1-2-9-19(15-14-17-10-5-3-6-11-17)20-16-18-12-7-4-8-13-18/h4,7-8,10,12-13,19-20H,2-3,5-6,9,11,14-16H2,1H3. The van der Waals surface area contributed by atoms with Crippen molar-refractivity contribution in [2.24, 2.45) is 0 Å². The zero-order chi connectivity index (χ0) is 14.0. The maximum atomic E-state index is 3.75. The highest BCUT2D eigenvalue weighted by atomic mass is 14.9. The van der Waals surface area contributed by atoms with E-state index in [1.165, 1.54) is 56.9 Å². The van der Waals surface area contributed by atoms with E-state index in [1.807, 2.05) is 0 Å². The number of allylic oxidation sites excluding steroid dienone is 2. The average molecular weight is 271 g/mol. The van der Waals surface area contributed by atoms with Crippen LogP contribution in [0.1, 0.15) is 63.9 Å². The lowest BCUT2D eigenvalue weighted by atomic mass is 9.93. The minimum atomic E-state index is 0.669. The lowest BCUT2D eigenvalue weighted by molar-refractivity contribution is 0.442. The summed E-state index contributed by atoms with van der Waals surface area (Å²) in [6, 6.07) is 11.4. The van der Waals surface area contributed by atoms with E-state index >= 15 is 0 Å². The molecule has 1 N–H and O–H groups in total. The van der Waals surface area contributed by atoms with Crippen molar-refractivity contribution < 1.29 is 0 Å². The quantitative estimate of drug-likeness (QED) is 0.639. The molecule has 0 aliphatic heterocycles. The Bertz CT molecular complexity index is 393. The van der Waals surface area contributed by atoms with Crippen molar-refractivity contribution in [2.45, 2.75) is 70.9 Å². The molecular formula is C19H29N. The second kappa shape index (κ2) is 8.97. The smallest absolute Gasteiger partial charge is 0.0208 e. The summed E-state index contributed by atoms with van der Waals surface area (Å²) in [6.45, 7) is 3.29. The first-order valence-corrected chi connectivity index (χ1v) is 8.33. The zero-order valence-corrected chi connectivity index (χ0v) is 12.9. The largest absolute Gasteiger partial charge is 0.310 e. The predicted molar refractivity (Wildman–Crippen MR) is 87.8 cm³/mol. The van der Waals surface area contributed by atoms with Gasteiger partial charge in [-0.1, -0.05) is 55.3 Å². The van der Waals surface area contributed by atoms with Crippen molar-refractivity contribution in [1.82, 2.24) is 5.32 Å². The molecule has 1 atom stereocenters. The van der Waals surface area contributed by atoms with Gasteiger partial charge in [0.2, 0.25) is 0 Å². The maximum Gasteiger partial charge on any atom is 0.0208 e. The summed E-state index contributed by atoms with van der Waals surface area (Å²) in [5.41, 5.74) is 3.10. The molecule has 1 aromatic carbocycles. The summed E-state index contributed by atoms with van der Waals surface area (Å²) in [7, 11) is 0. The van der Waals surface area contributed by atoms with Crippen molar-refractivity contribution in [3.8, 4) is 0 Å². The Morgan fingerprint density at radius 1 is 1.10 bits per heavy atom. The van der Waals surface area contributed by atoms with E-state index in [2.05, 4.69) is 48.6 Å². The van der Waals surface area contributed by atoms with E-state index in [0.29, 0.717) is 6.04 Å². The Hall–Kier alpha value is -1.08. The fourth-order valence-electron chi connectivity index (χ4n) is 3.05. The fraction of sp³-hybridized carbons (Fsp3) is 0.579. The molecule has 1 nitrogen and oxygen atoms in total. The normalized spacial score (nSPS) is 16.8. The van der Waals surface area contributed by atoms with Gasteiger partial charge in [0.05, 0.1) is 0 Å². The third kappa shape index (κ3) is 5.50. The molecule has 1 aromatic rings. The highest BCUT2D eigenvalue weighted by Gasteiger charge is 2.10. The molecule has 0 heterocycles. The number of hydrogen-bond acceptors (Lipinski definition) is 1. The van der Waals surface area contributed by atoms with Crippen molar-refractivity contribution in [1.29, 1.82) is 0 Å². The van der Waals surface area contributed by atoms with Gasteiger partial charge in [-0.25, -0.2) is 0 Å². The first-order chi connectivity index (χ1) is 9.88. The third-order valence-electron chi connectivity index (χ3n) is 4.27. The molecule has 1 aliphatic rings. The zero-order valence-electron chi connectivity index (χ0n) is 12.9. The van der Waals surface area contributed by atoms with Crippen LogP contribution >= 0.6 is 0 Å². The topological polar surface area (TPSA) is 12.0 Å². The Kier molecular flexibility index (Phi) is 6.86. The molecule has 0 bridgehead atoms. The molecule has 0 amide bonds. The van der Waals surface area contributed by atoms with Gasteiger partial charge in [0.15, 0.2) is 0 Å². The van der Waals surface area contributed by atoms with Crippen molar-refractivity contribution >= 4 is 0 Å². The maximum absolute atomic E-state index is 3.75. The van der Waals surface area contributed by atoms with Crippen LogP contribution in [0, 0.1) is 0 Å². The van der Waals surface area contributed by atoms with Gasteiger partial charge in [-0.15, -0.1) is 0 Å². The van der Waals surface area contributed by atoms with Crippen molar-refractivity contribution in [3.63, 3.8) is 0 Å². The lowest BCUT2D eigenvalue weighted by Gasteiger charge is -2.20. The molecular weight excluding hydrogens is 242 g/mol. The molecule has 0 saturated heterocycles. The van der Waals surface area contributed by atoms with Crippen LogP contribution in [0.3, 0.4) is 0 Å². The summed E-state index contributed by atoms with van der Waals surface area (Å²) < 4.78 is 0. The number of benzene rings is 1. The monoisotopic (exact) mass is 271 g/mol. The summed E-state index contributed by atoms with van der Waals surface area (Å²) in [6.07, 6.45) is 13.1. The van der Waals surface area contributed by atoms with Gasteiger partial charge in [-0.3, -0.25) is 0 Å². The Labute approximate surface area is 124 Å². The van der Waals surface area contributed by atoms with Crippen LogP contribution < -0.4 is 5.32 Å². The Morgan fingerprint density at radius 3 is 2.65 bits per heavy atom. The lowest BCUT2D eigenvalue weighted by Crippen LogP contribution is -2.28. The van der Waals surface area contributed by atoms with Crippen LogP contribution in [0.4, 0.5) is 0 Å². The minimum Gasteiger partial charge on any atom is -0.310 e. The van der Waals surface area contributed by atoms with Gasteiger partial charge < -0.3 is 5.32 Å². The van der Waals surface area contributed by atoms with Crippen LogP contribution in [0.2, 0.25) is 0 Å². The Balaban J connectivity index is 1.76. The van der Waals surface area contributed by atoms with Gasteiger partial charge in [-0.05, 0) is 50.5 Å². The minimum absolute atomic E-state index is 0.669. The predicted octanol–water partition coefficient (Wildman–Crippen LogP) is 5.23. The number of nitrogens with one attached hydrogen (secondary N) is 1. The molecule has 0 fully saturated rings. The van der Waals surface area contributed by atoms with Gasteiger partial charge in [0, 0.05) is 12.6 Å². The molecule has 2 rings (SSSR count). The average Bonchev–Trinajstić information content (AvgIpc) is 2.52. The molecule has 20 heavy (non-hydrogen) atoms. The summed E-state index contributed by atoms with van der Waals surface area (Å²) in [5.74, 6) is 0. The van der Waals surface area contributed by atoms with Crippen LogP contribution in [0.5, 0.6) is 0 Å². The molecule has 1 unspecified atom stereocenters. The van der Waals surface area contributed by atoms with Crippen molar-refractivity contribution in [3.05, 3.63) is 47.5 Å². The SMILES string of the molecule is CCCC(CCC1=CCCCC1)NCc1ccccc1. The Morgan fingerprint density at radius 2 is 1.95 bits per heavy atom. The van der Waals surface area contributed by atoms with Gasteiger partial charge in [-0.2, -0.15) is 0 Å². The van der Waals surface area contributed by atoms with Gasteiger partial charge in [0.1, 0.15) is 0 Å². The summed E-state index contributed by atoms with van der Waals surface area (Å²) >= 11 is 0. The third-order valence-corrected chi connectivity index (χ3v) is 4.27. The molecule has 110 valence electrons. The fourth-order valence-corrected chi connectivity index (χ4v) is 3.05. The van der Waals surface area contributed by atoms with E-state index in [0.717, 1.165) is 6.54 Å². The van der Waals surface area contributed by atoms with Gasteiger partial charge >= 0.3 is 0 Å². The van der Waals surface area contributed by atoms with Crippen LogP contribution in [0.15, 0.2) is 42.0 Å². The summed E-state index contributed by atoms with van der Waals surface area (Å²) in [4.78, 5) is 0. The van der Waals surface area contributed by atoms with E-state index < -0.39 is 0 Å². The molecule has 1 heteroatoms. The van der Waals surface area contributed by atoms with Crippen LogP contribution in [-0.4, -0.2) is 6.04 Å². The summed E-state index contributed by atoms with van der Waals surface area (Å²) in [5, 5.41) is 3.75. The molecule has 0 spiro atoms. The highest BCUT2D eigenvalue weighted by molar-refractivity contribution is 5.14. The molecule has 0 radical (unpaired) electrons. The van der Waals surface area contributed by atoms with E-state index in [4.69, 9.17) is 0 Å². The van der Waals surface area contributed by atoms with Crippen LogP contribution in [0.25, 0.3) is 0 Å². The van der Waals surface area contributed by atoms with Crippen molar-refractivity contribution in [2.75, 3.05) is 0 Å². The second-order valence-electron chi connectivity index (χ2n) is 6.00. The molecule has 0 saturated carbocycles. The first-order valence-electron chi connectivity index (χ1n) is 8.33. The van der Waals surface area contributed by atoms with E-state index in [-0.39, 0.29) is 0 Å².